The first-order valence-corrected chi connectivity index (χ1v) is 7.65. The van der Waals surface area contributed by atoms with Gasteiger partial charge in [0.15, 0.2) is 0 Å². The van der Waals surface area contributed by atoms with E-state index >= 15 is 0 Å². The Hall–Kier alpha value is -2.10. The second-order valence-electron chi connectivity index (χ2n) is 5.30. The molecule has 1 aromatic heterocycles. The Balaban J connectivity index is 1.75. The lowest BCUT2D eigenvalue weighted by molar-refractivity contribution is 0.740. The van der Waals surface area contributed by atoms with E-state index in [0.717, 1.165) is 29.4 Å². The van der Waals surface area contributed by atoms with Crippen LogP contribution in [0.25, 0.3) is 0 Å². The maximum absolute atomic E-state index is 5.93. The van der Waals surface area contributed by atoms with Gasteiger partial charge >= 0.3 is 0 Å². The molecule has 112 valence electrons. The number of halogens is 1. The molecule has 0 aliphatic heterocycles. The number of hydrogen-bond donors (Lipinski definition) is 1. The lowest BCUT2D eigenvalue weighted by Gasteiger charge is -2.09. The zero-order valence-corrected chi connectivity index (χ0v) is 13.0. The van der Waals surface area contributed by atoms with Gasteiger partial charge in [0.25, 0.3) is 0 Å². The van der Waals surface area contributed by atoms with Crippen molar-refractivity contribution in [3.63, 3.8) is 0 Å². The number of nitrogens with two attached hydrogens (primary N) is 1. The predicted molar refractivity (Wildman–Crippen MR) is 89.9 cm³/mol. The Labute approximate surface area is 135 Å². The molecular formula is C18H18ClN3. The van der Waals surface area contributed by atoms with Crippen molar-refractivity contribution in [2.45, 2.75) is 19.5 Å². The summed E-state index contributed by atoms with van der Waals surface area (Å²) in [7, 11) is 0. The molecule has 0 unspecified atom stereocenters. The molecule has 0 spiro atoms. The summed E-state index contributed by atoms with van der Waals surface area (Å²) in [6.45, 7) is 1.39. The van der Waals surface area contributed by atoms with Crippen LogP contribution in [0.5, 0.6) is 0 Å². The van der Waals surface area contributed by atoms with E-state index < -0.39 is 0 Å². The fourth-order valence-electron chi connectivity index (χ4n) is 2.41. The smallest absolute Gasteiger partial charge is 0.113 e. The van der Waals surface area contributed by atoms with E-state index in [4.69, 9.17) is 17.3 Å². The normalized spacial score (nSPS) is 10.8. The van der Waals surface area contributed by atoms with Crippen molar-refractivity contribution < 1.29 is 0 Å². The molecule has 0 amide bonds. The van der Waals surface area contributed by atoms with Crippen LogP contribution >= 0.6 is 11.6 Å². The maximum atomic E-state index is 5.93. The second-order valence-corrected chi connectivity index (χ2v) is 5.73. The number of aromatic nitrogens is 2. The monoisotopic (exact) mass is 311 g/mol. The molecule has 3 aromatic rings. The highest BCUT2D eigenvalue weighted by Gasteiger charge is 2.05. The number of rotatable bonds is 5. The van der Waals surface area contributed by atoms with Crippen LogP contribution in [0, 0.1) is 0 Å². The summed E-state index contributed by atoms with van der Waals surface area (Å²) >= 11 is 5.93. The zero-order valence-electron chi connectivity index (χ0n) is 12.2. The molecule has 0 saturated heterocycles. The molecule has 2 aromatic carbocycles. The van der Waals surface area contributed by atoms with E-state index in [1.807, 2.05) is 36.7 Å². The number of benzene rings is 2. The molecule has 0 atom stereocenters. The summed E-state index contributed by atoms with van der Waals surface area (Å²) in [4.78, 5) is 4.47. The molecule has 3 rings (SSSR count). The Morgan fingerprint density at radius 1 is 0.909 bits per heavy atom. The number of nitrogens with zero attached hydrogens (tertiary/aromatic N) is 2. The second kappa shape index (κ2) is 6.77. The van der Waals surface area contributed by atoms with Gasteiger partial charge in [-0.25, -0.2) is 4.98 Å². The molecule has 0 radical (unpaired) electrons. The fraction of sp³-hybridized carbons (Fsp3) is 0.167. The minimum atomic E-state index is 0.577. The molecule has 0 saturated carbocycles. The number of hydrogen-bond acceptors (Lipinski definition) is 2. The first-order chi connectivity index (χ1) is 10.7. The largest absolute Gasteiger partial charge is 0.330 e. The van der Waals surface area contributed by atoms with Crippen LogP contribution in [0.3, 0.4) is 0 Å². The molecule has 2 N–H and O–H groups in total. The van der Waals surface area contributed by atoms with Gasteiger partial charge in [-0.05, 0) is 28.8 Å². The average molecular weight is 312 g/mol. The molecule has 0 fully saturated rings. The van der Waals surface area contributed by atoms with Gasteiger partial charge in [-0.2, -0.15) is 0 Å². The van der Waals surface area contributed by atoms with Gasteiger partial charge in [0, 0.05) is 36.9 Å². The third-order valence-electron chi connectivity index (χ3n) is 3.69. The fourth-order valence-corrected chi connectivity index (χ4v) is 2.54. The highest BCUT2D eigenvalue weighted by Crippen LogP contribution is 2.14. The van der Waals surface area contributed by atoms with Crippen LogP contribution in [0.15, 0.2) is 60.9 Å². The van der Waals surface area contributed by atoms with E-state index in [1.165, 1.54) is 11.1 Å². The van der Waals surface area contributed by atoms with Gasteiger partial charge in [-0.3, -0.25) is 0 Å². The molecule has 0 aliphatic carbocycles. The summed E-state index contributed by atoms with van der Waals surface area (Å²) < 4.78 is 2.17. The Morgan fingerprint density at radius 2 is 1.55 bits per heavy atom. The van der Waals surface area contributed by atoms with Crippen LogP contribution in [0.2, 0.25) is 5.02 Å². The molecule has 22 heavy (non-hydrogen) atoms. The summed E-state index contributed by atoms with van der Waals surface area (Å²) in [6.07, 6.45) is 4.66. The SMILES string of the molecule is NCc1ccc(Cn2ccnc2Cc2ccc(Cl)cc2)cc1. The molecule has 1 heterocycles. The van der Waals surface area contributed by atoms with E-state index in [0.29, 0.717) is 6.54 Å². The lowest BCUT2D eigenvalue weighted by atomic mass is 10.1. The van der Waals surface area contributed by atoms with Crippen molar-refractivity contribution in [1.29, 1.82) is 0 Å². The average Bonchev–Trinajstić information content (AvgIpc) is 2.97. The van der Waals surface area contributed by atoms with Gasteiger partial charge in [-0.15, -0.1) is 0 Å². The minimum Gasteiger partial charge on any atom is -0.330 e. The predicted octanol–water partition coefficient (Wildman–Crippen LogP) is 3.63. The summed E-state index contributed by atoms with van der Waals surface area (Å²) in [5.41, 5.74) is 9.23. The first kappa shape index (κ1) is 14.8. The molecule has 0 bridgehead atoms. The van der Waals surface area contributed by atoms with Crippen molar-refractivity contribution in [1.82, 2.24) is 9.55 Å². The van der Waals surface area contributed by atoms with Crippen LogP contribution < -0.4 is 5.73 Å². The van der Waals surface area contributed by atoms with E-state index in [9.17, 15) is 0 Å². The van der Waals surface area contributed by atoms with Crippen LogP contribution in [0.4, 0.5) is 0 Å². The van der Waals surface area contributed by atoms with Crippen LogP contribution in [0.1, 0.15) is 22.5 Å². The Bertz CT molecular complexity index is 730. The summed E-state index contributed by atoms with van der Waals surface area (Å²) in [6, 6.07) is 16.3. The van der Waals surface area contributed by atoms with Crippen LogP contribution in [-0.2, 0) is 19.5 Å². The minimum absolute atomic E-state index is 0.577. The van der Waals surface area contributed by atoms with Crippen molar-refractivity contribution in [3.05, 3.63) is 88.5 Å². The molecule has 3 nitrogen and oxygen atoms in total. The van der Waals surface area contributed by atoms with E-state index in [1.54, 1.807) is 0 Å². The summed E-state index contributed by atoms with van der Waals surface area (Å²) in [5.74, 6) is 1.05. The van der Waals surface area contributed by atoms with Crippen molar-refractivity contribution in [2.75, 3.05) is 0 Å². The maximum Gasteiger partial charge on any atom is 0.113 e. The zero-order chi connectivity index (χ0) is 15.4. The van der Waals surface area contributed by atoms with E-state index in [-0.39, 0.29) is 0 Å². The van der Waals surface area contributed by atoms with Gasteiger partial charge in [-0.1, -0.05) is 48.0 Å². The highest BCUT2D eigenvalue weighted by molar-refractivity contribution is 6.30. The van der Waals surface area contributed by atoms with Crippen LogP contribution in [-0.4, -0.2) is 9.55 Å². The van der Waals surface area contributed by atoms with Gasteiger partial charge < -0.3 is 10.3 Å². The third-order valence-corrected chi connectivity index (χ3v) is 3.94. The molecule has 4 heteroatoms. The standard InChI is InChI=1S/C18H18ClN3/c19-17-7-5-14(6-8-17)11-18-21-9-10-22(18)13-16-3-1-15(12-20)2-4-16/h1-10H,11-13,20H2. The molecule has 0 aliphatic rings. The van der Waals surface area contributed by atoms with Crippen molar-refractivity contribution >= 4 is 11.6 Å². The molecular weight excluding hydrogens is 294 g/mol. The van der Waals surface area contributed by atoms with Gasteiger partial charge in [0.2, 0.25) is 0 Å². The first-order valence-electron chi connectivity index (χ1n) is 7.27. The lowest BCUT2D eigenvalue weighted by Crippen LogP contribution is -2.05. The summed E-state index contributed by atoms with van der Waals surface area (Å²) in [5, 5.41) is 0.757. The van der Waals surface area contributed by atoms with Crippen molar-refractivity contribution in [3.8, 4) is 0 Å². The quantitative estimate of drug-likeness (QED) is 0.782. The number of imidazole rings is 1. The topological polar surface area (TPSA) is 43.8 Å². The van der Waals surface area contributed by atoms with E-state index in [2.05, 4.69) is 33.8 Å². The Kier molecular flexibility index (Phi) is 4.56. The Morgan fingerprint density at radius 3 is 2.23 bits per heavy atom. The highest BCUT2D eigenvalue weighted by atomic mass is 35.5. The van der Waals surface area contributed by atoms with Crippen molar-refractivity contribution in [2.24, 2.45) is 5.73 Å². The van der Waals surface area contributed by atoms with Gasteiger partial charge in [0.05, 0.1) is 0 Å². The third kappa shape index (κ3) is 3.56. The van der Waals surface area contributed by atoms with Gasteiger partial charge in [0.1, 0.15) is 5.82 Å².